The average Bonchev–Trinajstić information content (AvgIpc) is 3.13. The van der Waals surface area contributed by atoms with E-state index in [0.29, 0.717) is 22.1 Å². The van der Waals surface area contributed by atoms with E-state index in [9.17, 15) is 9.59 Å². The Labute approximate surface area is 167 Å². The van der Waals surface area contributed by atoms with Crippen molar-refractivity contribution in [3.05, 3.63) is 76.8 Å². The number of carbonyl (C=O) groups is 2. The summed E-state index contributed by atoms with van der Waals surface area (Å²) >= 11 is 1.29. The summed E-state index contributed by atoms with van der Waals surface area (Å²) < 4.78 is 5.77. The molecule has 0 saturated heterocycles. The molecule has 0 saturated carbocycles. The fourth-order valence-corrected chi connectivity index (χ4v) is 3.09. The van der Waals surface area contributed by atoms with Crippen LogP contribution >= 0.6 is 11.3 Å². The Morgan fingerprint density at radius 3 is 2.61 bits per heavy atom. The van der Waals surface area contributed by atoms with E-state index in [4.69, 9.17) is 4.74 Å². The molecule has 0 fully saturated rings. The molecule has 6 heteroatoms. The molecule has 0 aliphatic rings. The Hall–Kier alpha value is -3.43. The number of ketones is 1. The van der Waals surface area contributed by atoms with Gasteiger partial charge >= 0.3 is 0 Å². The Morgan fingerprint density at radius 2 is 1.86 bits per heavy atom. The maximum atomic E-state index is 12.6. The van der Waals surface area contributed by atoms with Gasteiger partial charge in [0, 0.05) is 18.1 Å². The van der Waals surface area contributed by atoms with Crippen LogP contribution in [-0.4, -0.2) is 22.7 Å². The molecule has 140 valence electrons. The van der Waals surface area contributed by atoms with Gasteiger partial charge in [-0.15, -0.1) is 0 Å². The third kappa shape index (κ3) is 5.29. The van der Waals surface area contributed by atoms with E-state index in [1.807, 2.05) is 25.1 Å². The van der Waals surface area contributed by atoms with Gasteiger partial charge in [-0.05, 0) is 19.1 Å². The molecule has 0 spiro atoms. The lowest BCUT2D eigenvalue weighted by Gasteiger charge is -2.05. The Balaban J connectivity index is 1.70. The molecule has 3 aromatic rings. The predicted octanol–water partition coefficient (Wildman–Crippen LogP) is 4.04. The van der Waals surface area contributed by atoms with Crippen LogP contribution in [0.4, 0.5) is 0 Å². The van der Waals surface area contributed by atoms with Crippen molar-refractivity contribution in [1.82, 2.24) is 10.3 Å². The summed E-state index contributed by atoms with van der Waals surface area (Å²) in [6, 6.07) is 15.8. The van der Waals surface area contributed by atoms with E-state index in [1.165, 1.54) is 18.3 Å². The van der Waals surface area contributed by atoms with Gasteiger partial charge < -0.3 is 10.1 Å². The number of thiazole rings is 1. The molecule has 1 amide bonds. The molecule has 1 unspecified atom stereocenters. The smallest absolute Gasteiger partial charge is 0.279 e. The number of rotatable bonds is 5. The molecule has 0 aliphatic carbocycles. The first-order chi connectivity index (χ1) is 13.5. The summed E-state index contributed by atoms with van der Waals surface area (Å²) in [6.45, 7) is 3.26. The van der Waals surface area contributed by atoms with Gasteiger partial charge in [0.15, 0.2) is 5.78 Å². The van der Waals surface area contributed by atoms with E-state index in [1.54, 1.807) is 42.6 Å². The third-order valence-electron chi connectivity index (χ3n) is 3.65. The van der Waals surface area contributed by atoms with E-state index in [-0.39, 0.29) is 17.7 Å². The van der Waals surface area contributed by atoms with E-state index in [0.717, 1.165) is 4.88 Å². The zero-order valence-electron chi connectivity index (χ0n) is 15.4. The largest absolute Gasteiger partial charge is 0.431 e. The van der Waals surface area contributed by atoms with Crippen molar-refractivity contribution in [1.29, 1.82) is 0 Å². The molecule has 2 aromatic carbocycles. The zero-order chi connectivity index (χ0) is 19.9. The summed E-state index contributed by atoms with van der Waals surface area (Å²) in [5, 5.41) is 3.13. The monoisotopic (exact) mass is 390 g/mol. The number of benzene rings is 2. The fourth-order valence-electron chi connectivity index (χ4n) is 2.44. The van der Waals surface area contributed by atoms with Crippen molar-refractivity contribution in [3.8, 4) is 22.8 Å². The van der Waals surface area contributed by atoms with Crippen LogP contribution in [0, 0.1) is 11.8 Å². The Morgan fingerprint density at radius 1 is 1.11 bits per heavy atom. The first-order valence-electron chi connectivity index (χ1n) is 8.63. The standard InChI is InChI=1S/C22H18N2O3S/c1-15(24-16(2)25)11-12-20-14-23-22(28-20)27-19-10-6-9-18(13-19)21(26)17-7-4-3-5-8-17/h3-10,13-15H,1-2H3,(H,24,25). The van der Waals surface area contributed by atoms with Crippen LogP contribution < -0.4 is 10.1 Å². The van der Waals surface area contributed by atoms with Crippen molar-refractivity contribution in [2.45, 2.75) is 19.9 Å². The number of aromatic nitrogens is 1. The second-order valence-electron chi connectivity index (χ2n) is 6.01. The third-order valence-corrected chi connectivity index (χ3v) is 4.44. The number of hydrogen-bond acceptors (Lipinski definition) is 5. The SMILES string of the molecule is CC(=O)NC(C)C#Cc1cnc(Oc2cccc(C(=O)c3ccccc3)c2)s1. The molecule has 0 radical (unpaired) electrons. The number of nitrogens with zero attached hydrogens (tertiary/aromatic N) is 1. The topological polar surface area (TPSA) is 68.3 Å². The van der Waals surface area contributed by atoms with Gasteiger partial charge in [-0.3, -0.25) is 9.59 Å². The average molecular weight is 390 g/mol. The second kappa shape index (κ2) is 8.98. The quantitative estimate of drug-likeness (QED) is 0.527. The van der Waals surface area contributed by atoms with Gasteiger partial charge in [-0.1, -0.05) is 65.6 Å². The first kappa shape index (κ1) is 19.3. The summed E-state index contributed by atoms with van der Waals surface area (Å²) in [6.07, 6.45) is 1.62. The predicted molar refractivity (Wildman–Crippen MR) is 109 cm³/mol. The maximum Gasteiger partial charge on any atom is 0.279 e. The number of amides is 1. The first-order valence-corrected chi connectivity index (χ1v) is 9.45. The van der Waals surface area contributed by atoms with Crippen LogP contribution in [0.3, 0.4) is 0 Å². The number of nitrogens with one attached hydrogen (secondary N) is 1. The van der Waals surface area contributed by atoms with Crippen molar-refractivity contribution in [2.75, 3.05) is 0 Å². The molecule has 1 N–H and O–H groups in total. The molecule has 1 heterocycles. The fraction of sp³-hybridized carbons (Fsp3) is 0.136. The van der Waals surface area contributed by atoms with E-state index < -0.39 is 0 Å². The van der Waals surface area contributed by atoms with Crippen molar-refractivity contribution in [3.63, 3.8) is 0 Å². The summed E-state index contributed by atoms with van der Waals surface area (Å²) in [4.78, 5) is 28.5. The van der Waals surface area contributed by atoms with Gasteiger partial charge in [-0.2, -0.15) is 0 Å². The summed E-state index contributed by atoms with van der Waals surface area (Å²) in [5.41, 5.74) is 1.17. The molecular weight excluding hydrogens is 372 g/mol. The lowest BCUT2D eigenvalue weighted by Crippen LogP contribution is -2.28. The molecule has 1 atom stereocenters. The van der Waals surface area contributed by atoms with Gasteiger partial charge in [0.2, 0.25) is 5.91 Å². The number of carbonyl (C=O) groups excluding carboxylic acids is 2. The minimum atomic E-state index is -0.246. The Kier molecular flexibility index (Phi) is 6.20. The lowest BCUT2D eigenvalue weighted by atomic mass is 10.0. The van der Waals surface area contributed by atoms with Gasteiger partial charge in [0.25, 0.3) is 5.19 Å². The summed E-state index contributed by atoms with van der Waals surface area (Å²) in [7, 11) is 0. The number of hydrogen-bond donors (Lipinski definition) is 1. The number of ether oxygens (including phenoxy) is 1. The summed E-state index contributed by atoms with van der Waals surface area (Å²) in [5.74, 6) is 6.24. The van der Waals surface area contributed by atoms with Gasteiger partial charge in [-0.25, -0.2) is 4.98 Å². The molecular formula is C22H18N2O3S. The highest BCUT2D eigenvalue weighted by Crippen LogP contribution is 2.27. The highest BCUT2D eigenvalue weighted by molar-refractivity contribution is 7.13. The zero-order valence-corrected chi connectivity index (χ0v) is 16.2. The minimum Gasteiger partial charge on any atom is -0.431 e. The maximum absolute atomic E-state index is 12.6. The molecule has 0 aliphatic heterocycles. The normalized spacial score (nSPS) is 11.1. The molecule has 1 aromatic heterocycles. The van der Waals surface area contributed by atoms with E-state index >= 15 is 0 Å². The minimum absolute atomic E-state index is 0.0660. The van der Waals surface area contributed by atoms with Crippen molar-refractivity contribution < 1.29 is 14.3 Å². The van der Waals surface area contributed by atoms with Gasteiger partial charge in [0.1, 0.15) is 10.6 Å². The lowest BCUT2D eigenvalue weighted by molar-refractivity contribution is -0.119. The molecule has 0 bridgehead atoms. The molecule has 5 nitrogen and oxygen atoms in total. The van der Waals surface area contributed by atoms with Crippen LogP contribution in [0.2, 0.25) is 0 Å². The second-order valence-corrected chi connectivity index (χ2v) is 7.00. The van der Waals surface area contributed by atoms with Crippen LogP contribution in [0.5, 0.6) is 10.9 Å². The van der Waals surface area contributed by atoms with Crippen LogP contribution in [0.25, 0.3) is 0 Å². The highest BCUT2D eigenvalue weighted by Gasteiger charge is 2.10. The van der Waals surface area contributed by atoms with Crippen molar-refractivity contribution >= 4 is 23.0 Å². The highest BCUT2D eigenvalue weighted by atomic mass is 32.1. The van der Waals surface area contributed by atoms with Crippen LogP contribution in [0.15, 0.2) is 60.8 Å². The van der Waals surface area contributed by atoms with Crippen LogP contribution in [-0.2, 0) is 4.79 Å². The van der Waals surface area contributed by atoms with Crippen molar-refractivity contribution in [2.24, 2.45) is 0 Å². The van der Waals surface area contributed by atoms with Crippen LogP contribution in [0.1, 0.15) is 34.6 Å². The Bertz CT molecular complexity index is 1050. The molecule has 3 rings (SSSR count). The van der Waals surface area contributed by atoms with E-state index in [2.05, 4.69) is 22.1 Å². The molecule has 28 heavy (non-hydrogen) atoms. The van der Waals surface area contributed by atoms with Gasteiger partial charge in [0.05, 0.1) is 12.2 Å².